The molecule has 0 unspecified atom stereocenters. The van der Waals surface area contributed by atoms with E-state index in [2.05, 4.69) is 10.6 Å². The molecule has 1 saturated heterocycles. The van der Waals surface area contributed by atoms with Crippen molar-refractivity contribution in [1.82, 2.24) is 9.62 Å². The molecule has 0 spiro atoms. The number of carbonyl (C=O) groups excluding carboxylic acids is 2. The minimum absolute atomic E-state index is 0.0650. The molecule has 0 aliphatic carbocycles. The second-order valence-electron chi connectivity index (χ2n) is 7.87. The van der Waals surface area contributed by atoms with Gasteiger partial charge in [-0.3, -0.25) is 9.59 Å². The second-order valence-corrected chi connectivity index (χ2v) is 9.80. The van der Waals surface area contributed by atoms with Gasteiger partial charge in [0.1, 0.15) is 11.5 Å². The molecular formula is C21H25N3O6S. The lowest BCUT2D eigenvalue weighted by atomic mass is 9.96. The first-order valence-electron chi connectivity index (χ1n) is 10.2. The van der Waals surface area contributed by atoms with E-state index in [4.69, 9.17) is 9.15 Å². The van der Waals surface area contributed by atoms with Gasteiger partial charge in [0.2, 0.25) is 15.9 Å². The molecular weight excluding hydrogens is 422 g/mol. The average Bonchev–Trinajstić information content (AvgIpc) is 3.26. The van der Waals surface area contributed by atoms with Gasteiger partial charge in [0.25, 0.3) is 5.91 Å². The fourth-order valence-corrected chi connectivity index (χ4v) is 5.37. The molecule has 1 aromatic heterocycles. The van der Waals surface area contributed by atoms with Crippen molar-refractivity contribution in [1.29, 1.82) is 0 Å². The van der Waals surface area contributed by atoms with Crippen LogP contribution in [0.5, 0.6) is 5.75 Å². The van der Waals surface area contributed by atoms with Crippen molar-refractivity contribution in [3.63, 3.8) is 0 Å². The summed E-state index contributed by atoms with van der Waals surface area (Å²) in [7, 11) is -3.74. The Bertz CT molecular complexity index is 1060. The highest BCUT2D eigenvalue weighted by Gasteiger charge is 2.33. The molecule has 0 radical (unpaired) electrons. The molecule has 1 aromatic carbocycles. The number of hydrogen-bond acceptors (Lipinski definition) is 6. The number of sulfonamides is 1. The number of nitrogens with zero attached hydrogens (tertiary/aromatic N) is 1. The van der Waals surface area contributed by atoms with Crippen molar-refractivity contribution in [2.24, 2.45) is 5.92 Å². The van der Waals surface area contributed by atoms with Crippen LogP contribution >= 0.6 is 0 Å². The fourth-order valence-electron chi connectivity index (χ4n) is 3.87. The highest BCUT2D eigenvalue weighted by Crippen LogP contribution is 2.32. The monoisotopic (exact) mass is 447 g/mol. The van der Waals surface area contributed by atoms with Crippen LogP contribution in [0.2, 0.25) is 0 Å². The third kappa shape index (κ3) is 4.75. The molecule has 0 bridgehead atoms. The predicted molar refractivity (Wildman–Crippen MR) is 112 cm³/mol. The summed E-state index contributed by atoms with van der Waals surface area (Å²) < 4.78 is 38.1. The fraction of sp³-hybridized carbons (Fsp3) is 0.429. The third-order valence-electron chi connectivity index (χ3n) is 5.52. The summed E-state index contributed by atoms with van der Waals surface area (Å²) in [6.07, 6.45) is 3.10. The zero-order valence-corrected chi connectivity index (χ0v) is 18.0. The van der Waals surface area contributed by atoms with Gasteiger partial charge in [-0.05, 0) is 50.1 Å². The Kier molecular flexibility index (Phi) is 6.01. The van der Waals surface area contributed by atoms with Gasteiger partial charge < -0.3 is 19.8 Å². The molecule has 2 amide bonds. The number of rotatable bonds is 6. The third-order valence-corrected chi connectivity index (χ3v) is 7.42. The lowest BCUT2D eigenvalue weighted by Crippen LogP contribution is -2.45. The number of carbonyl (C=O) groups is 2. The van der Waals surface area contributed by atoms with Crippen molar-refractivity contribution >= 4 is 27.5 Å². The second kappa shape index (κ2) is 8.72. The topological polar surface area (TPSA) is 118 Å². The van der Waals surface area contributed by atoms with E-state index in [1.54, 1.807) is 12.3 Å². The first-order valence-corrected chi connectivity index (χ1v) is 11.7. The summed E-state index contributed by atoms with van der Waals surface area (Å²) in [5.41, 5.74) is 0.345. The van der Waals surface area contributed by atoms with Gasteiger partial charge in [-0.2, -0.15) is 4.31 Å². The minimum atomic E-state index is -3.74. The van der Waals surface area contributed by atoms with E-state index in [-0.39, 0.29) is 48.4 Å². The van der Waals surface area contributed by atoms with Gasteiger partial charge in [-0.15, -0.1) is 0 Å². The molecule has 2 aliphatic heterocycles. The van der Waals surface area contributed by atoms with E-state index in [0.29, 0.717) is 30.7 Å². The smallest absolute Gasteiger partial charge is 0.262 e. The van der Waals surface area contributed by atoms with Gasteiger partial charge in [0.05, 0.1) is 16.8 Å². The maximum Gasteiger partial charge on any atom is 0.262 e. The van der Waals surface area contributed by atoms with Gasteiger partial charge in [-0.25, -0.2) is 8.42 Å². The molecule has 10 heteroatoms. The van der Waals surface area contributed by atoms with Crippen molar-refractivity contribution in [3.8, 4) is 5.75 Å². The molecule has 2 aromatic rings. The van der Waals surface area contributed by atoms with Crippen LogP contribution in [0.1, 0.15) is 25.5 Å². The normalized spacial score (nSPS) is 18.5. The van der Waals surface area contributed by atoms with Gasteiger partial charge in [0, 0.05) is 31.5 Å². The minimum Gasteiger partial charge on any atom is -0.482 e. The molecule has 2 aliphatic rings. The number of furan rings is 1. The van der Waals surface area contributed by atoms with Gasteiger partial charge in [-0.1, -0.05) is 0 Å². The van der Waals surface area contributed by atoms with Crippen LogP contribution in [0.15, 0.2) is 45.9 Å². The number of benzene rings is 1. The van der Waals surface area contributed by atoms with Crippen LogP contribution in [-0.2, 0) is 26.0 Å². The Morgan fingerprint density at radius 2 is 2.06 bits per heavy atom. The molecule has 31 heavy (non-hydrogen) atoms. The molecule has 3 heterocycles. The number of anilines is 1. The molecule has 1 atom stereocenters. The molecule has 0 saturated carbocycles. The summed E-state index contributed by atoms with van der Waals surface area (Å²) in [6, 6.07) is 8.03. The quantitative estimate of drug-likeness (QED) is 0.697. The summed E-state index contributed by atoms with van der Waals surface area (Å²) in [5, 5.41) is 5.61. The number of piperidine rings is 1. The lowest BCUT2D eigenvalue weighted by molar-refractivity contribution is -0.126. The first kappa shape index (κ1) is 21.4. The Hall–Kier alpha value is -2.85. The van der Waals surface area contributed by atoms with Crippen LogP contribution < -0.4 is 15.4 Å². The van der Waals surface area contributed by atoms with E-state index in [1.165, 1.54) is 16.4 Å². The van der Waals surface area contributed by atoms with E-state index < -0.39 is 10.0 Å². The Morgan fingerprint density at radius 3 is 2.77 bits per heavy atom. The van der Waals surface area contributed by atoms with E-state index in [1.807, 2.05) is 19.1 Å². The Labute approximate surface area is 180 Å². The zero-order chi connectivity index (χ0) is 22.0. The first-order chi connectivity index (χ1) is 14.8. The van der Waals surface area contributed by atoms with Crippen LogP contribution in [0.4, 0.5) is 5.69 Å². The van der Waals surface area contributed by atoms with Crippen LogP contribution in [0.25, 0.3) is 0 Å². The average molecular weight is 448 g/mol. The summed E-state index contributed by atoms with van der Waals surface area (Å²) in [5.74, 6) is 0.625. The van der Waals surface area contributed by atoms with Crippen molar-refractivity contribution in [2.45, 2.75) is 37.1 Å². The maximum absolute atomic E-state index is 13.0. The van der Waals surface area contributed by atoms with Crippen LogP contribution in [0.3, 0.4) is 0 Å². The maximum atomic E-state index is 13.0. The van der Waals surface area contributed by atoms with Crippen LogP contribution in [0, 0.1) is 5.92 Å². The van der Waals surface area contributed by atoms with Gasteiger partial charge in [0.15, 0.2) is 6.61 Å². The molecule has 166 valence electrons. The lowest BCUT2D eigenvalue weighted by Gasteiger charge is -2.31. The Balaban J connectivity index is 1.35. The van der Waals surface area contributed by atoms with E-state index in [0.717, 1.165) is 5.76 Å². The zero-order valence-electron chi connectivity index (χ0n) is 17.2. The number of amides is 2. The largest absolute Gasteiger partial charge is 0.482 e. The van der Waals surface area contributed by atoms with E-state index in [9.17, 15) is 18.0 Å². The van der Waals surface area contributed by atoms with E-state index >= 15 is 0 Å². The molecule has 9 nitrogen and oxygen atoms in total. The number of fused-ring (bicyclic) bond motifs is 1. The van der Waals surface area contributed by atoms with Crippen molar-refractivity contribution in [3.05, 3.63) is 42.4 Å². The van der Waals surface area contributed by atoms with Crippen molar-refractivity contribution in [2.75, 3.05) is 25.0 Å². The molecule has 2 N–H and O–H groups in total. The highest BCUT2D eigenvalue weighted by molar-refractivity contribution is 7.89. The van der Waals surface area contributed by atoms with Crippen LogP contribution in [-0.4, -0.2) is 50.3 Å². The van der Waals surface area contributed by atoms with Gasteiger partial charge >= 0.3 is 0 Å². The van der Waals surface area contributed by atoms with Crippen molar-refractivity contribution < 1.29 is 27.2 Å². The molecule has 4 rings (SSSR count). The number of ether oxygens (including phenoxy) is 1. The highest BCUT2D eigenvalue weighted by atomic mass is 32.2. The standard InChI is InChI=1S/C21H25N3O6S/c1-14(11-16-3-2-10-29-16)22-21(26)15-6-8-24(9-7-15)31(27,28)17-4-5-19-18(12-17)23-20(25)13-30-19/h2-5,10,12,14-15H,6-9,11,13H2,1H3,(H,22,26)(H,23,25)/t14-/m1/s1. The number of nitrogens with one attached hydrogen (secondary N) is 2. The predicted octanol–water partition coefficient (Wildman–Crippen LogP) is 1.76. The summed E-state index contributed by atoms with van der Waals surface area (Å²) >= 11 is 0. The summed E-state index contributed by atoms with van der Waals surface area (Å²) in [4.78, 5) is 24.2. The number of hydrogen-bond donors (Lipinski definition) is 2. The molecule has 1 fully saturated rings. The summed E-state index contributed by atoms with van der Waals surface area (Å²) in [6.45, 7) is 2.34. The SMILES string of the molecule is C[C@H](Cc1ccco1)NC(=O)C1CCN(S(=O)(=O)c2ccc3c(c2)NC(=O)CO3)CC1. The Morgan fingerprint density at radius 1 is 1.29 bits per heavy atom.